The SMILES string of the molecule is C[C@@H]1CN(Cc2cn3ccccc3c2C#N)C[C@@H](C)O1. The number of nitrogens with zero attached hydrogens (tertiary/aromatic N) is 3. The average Bonchev–Trinajstić information content (AvgIpc) is 2.74. The van der Waals surface area contributed by atoms with Gasteiger partial charge in [0.2, 0.25) is 0 Å². The topological polar surface area (TPSA) is 40.7 Å². The largest absolute Gasteiger partial charge is 0.373 e. The van der Waals surface area contributed by atoms with Crippen molar-refractivity contribution < 1.29 is 4.74 Å². The van der Waals surface area contributed by atoms with Crippen LogP contribution in [0.15, 0.2) is 30.6 Å². The number of ether oxygens (including phenoxy) is 1. The quantitative estimate of drug-likeness (QED) is 0.840. The Labute approximate surface area is 119 Å². The first kappa shape index (κ1) is 13.2. The van der Waals surface area contributed by atoms with E-state index in [0.717, 1.165) is 36.3 Å². The summed E-state index contributed by atoms with van der Waals surface area (Å²) in [7, 11) is 0. The Kier molecular flexibility index (Phi) is 3.47. The van der Waals surface area contributed by atoms with Crippen LogP contribution in [0.5, 0.6) is 0 Å². The molecular formula is C16H19N3O. The number of aromatic nitrogens is 1. The van der Waals surface area contributed by atoms with Crippen LogP contribution in [0.25, 0.3) is 5.52 Å². The van der Waals surface area contributed by atoms with E-state index in [1.54, 1.807) is 0 Å². The predicted molar refractivity (Wildman–Crippen MR) is 77.4 cm³/mol. The maximum absolute atomic E-state index is 9.43. The van der Waals surface area contributed by atoms with Crippen LogP contribution in [0.1, 0.15) is 25.0 Å². The lowest BCUT2D eigenvalue weighted by Gasteiger charge is -2.35. The van der Waals surface area contributed by atoms with Crippen molar-refractivity contribution in [1.82, 2.24) is 9.30 Å². The molecule has 0 aromatic carbocycles. The van der Waals surface area contributed by atoms with E-state index in [1.165, 1.54) is 0 Å². The first-order valence-corrected chi connectivity index (χ1v) is 7.04. The minimum atomic E-state index is 0.251. The smallest absolute Gasteiger partial charge is 0.102 e. The monoisotopic (exact) mass is 269 g/mol. The summed E-state index contributed by atoms with van der Waals surface area (Å²) in [5, 5.41) is 9.43. The van der Waals surface area contributed by atoms with Crippen molar-refractivity contribution in [2.75, 3.05) is 13.1 Å². The lowest BCUT2D eigenvalue weighted by Crippen LogP contribution is -2.44. The van der Waals surface area contributed by atoms with Crippen molar-refractivity contribution in [3.8, 4) is 6.07 Å². The van der Waals surface area contributed by atoms with Gasteiger partial charge in [0, 0.05) is 37.6 Å². The normalized spacial score (nSPS) is 23.9. The highest BCUT2D eigenvalue weighted by Gasteiger charge is 2.23. The van der Waals surface area contributed by atoms with Gasteiger partial charge in [0.15, 0.2) is 0 Å². The van der Waals surface area contributed by atoms with Gasteiger partial charge in [-0.25, -0.2) is 0 Å². The summed E-state index contributed by atoms with van der Waals surface area (Å²) in [6.07, 6.45) is 4.56. The molecule has 4 nitrogen and oxygen atoms in total. The van der Waals surface area contributed by atoms with E-state index in [2.05, 4.69) is 31.0 Å². The molecular weight excluding hydrogens is 250 g/mol. The summed E-state index contributed by atoms with van der Waals surface area (Å²) in [6.45, 7) is 6.85. The van der Waals surface area contributed by atoms with Gasteiger partial charge in [0.05, 0.1) is 23.3 Å². The molecule has 2 aromatic heterocycles. The third-order valence-corrected chi connectivity index (χ3v) is 3.76. The van der Waals surface area contributed by atoms with Gasteiger partial charge >= 0.3 is 0 Å². The molecule has 1 aliphatic rings. The Hall–Kier alpha value is -1.83. The van der Waals surface area contributed by atoms with Gasteiger partial charge in [-0.15, -0.1) is 0 Å². The summed E-state index contributed by atoms with van der Waals surface area (Å²) in [4.78, 5) is 2.37. The fraction of sp³-hybridized carbons (Fsp3) is 0.438. The minimum absolute atomic E-state index is 0.251. The number of hydrogen-bond donors (Lipinski definition) is 0. The molecule has 0 aliphatic carbocycles. The highest BCUT2D eigenvalue weighted by Crippen LogP contribution is 2.21. The number of fused-ring (bicyclic) bond motifs is 1. The fourth-order valence-electron chi connectivity index (χ4n) is 3.08. The highest BCUT2D eigenvalue weighted by atomic mass is 16.5. The van der Waals surface area contributed by atoms with Crippen molar-refractivity contribution in [3.63, 3.8) is 0 Å². The van der Waals surface area contributed by atoms with Crippen LogP contribution in [-0.4, -0.2) is 34.6 Å². The lowest BCUT2D eigenvalue weighted by atomic mass is 10.1. The zero-order valence-corrected chi connectivity index (χ0v) is 11.9. The van der Waals surface area contributed by atoms with E-state index in [-0.39, 0.29) is 12.2 Å². The Morgan fingerprint density at radius 2 is 2.05 bits per heavy atom. The third kappa shape index (κ3) is 2.43. The fourth-order valence-corrected chi connectivity index (χ4v) is 3.08. The first-order valence-electron chi connectivity index (χ1n) is 7.04. The average molecular weight is 269 g/mol. The molecule has 1 saturated heterocycles. The molecule has 0 spiro atoms. The van der Waals surface area contributed by atoms with Crippen LogP contribution in [-0.2, 0) is 11.3 Å². The molecule has 104 valence electrons. The molecule has 4 heteroatoms. The molecule has 3 rings (SSSR count). The van der Waals surface area contributed by atoms with Gasteiger partial charge in [-0.2, -0.15) is 5.26 Å². The Morgan fingerprint density at radius 1 is 1.30 bits per heavy atom. The van der Waals surface area contributed by atoms with Crippen molar-refractivity contribution in [3.05, 3.63) is 41.7 Å². The number of rotatable bonds is 2. The summed E-state index contributed by atoms with van der Waals surface area (Å²) < 4.78 is 7.79. The third-order valence-electron chi connectivity index (χ3n) is 3.76. The highest BCUT2D eigenvalue weighted by molar-refractivity contribution is 5.65. The minimum Gasteiger partial charge on any atom is -0.373 e. The van der Waals surface area contributed by atoms with E-state index in [4.69, 9.17) is 4.74 Å². The second kappa shape index (κ2) is 5.28. The maximum atomic E-state index is 9.43. The van der Waals surface area contributed by atoms with Gasteiger partial charge in [-0.3, -0.25) is 4.90 Å². The van der Waals surface area contributed by atoms with Crippen molar-refractivity contribution >= 4 is 5.52 Å². The Morgan fingerprint density at radius 3 is 2.75 bits per heavy atom. The van der Waals surface area contributed by atoms with Crippen molar-refractivity contribution in [2.24, 2.45) is 0 Å². The van der Waals surface area contributed by atoms with E-state index in [9.17, 15) is 5.26 Å². The van der Waals surface area contributed by atoms with Crippen molar-refractivity contribution in [1.29, 1.82) is 5.26 Å². The predicted octanol–water partition coefficient (Wildman–Crippen LogP) is 2.42. The summed E-state index contributed by atoms with van der Waals surface area (Å²) in [5.41, 5.74) is 2.87. The molecule has 0 bridgehead atoms. The van der Waals surface area contributed by atoms with Gasteiger partial charge in [0.25, 0.3) is 0 Å². The van der Waals surface area contributed by atoms with E-state index < -0.39 is 0 Å². The van der Waals surface area contributed by atoms with Crippen LogP contribution in [0.4, 0.5) is 0 Å². The zero-order chi connectivity index (χ0) is 14.1. The molecule has 0 amide bonds. The first-order chi connectivity index (χ1) is 9.67. The van der Waals surface area contributed by atoms with E-state index in [0.29, 0.717) is 0 Å². The molecule has 3 heterocycles. The van der Waals surface area contributed by atoms with Gasteiger partial charge in [-0.05, 0) is 26.0 Å². The van der Waals surface area contributed by atoms with Crippen LogP contribution >= 0.6 is 0 Å². The number of hydrogen-bond acceptors (Lipinski definition) is 3. The Bertz CT molecular complexity index is 645. The van der Waals surface area contributed by atoms with Crippen LogP contribution < -0.4 is 0 Å². The number of morpholine rings is 1. The van der Waals surface area contributed by atoms with E-state index in [1.807, 2.05) is 28.8 Å². The summed E-state index contributed by atoms with van der Waals surface area (Å²) in [6, 6.07) is 8.30. The van der Waals surface area contributed by atoms with Gasteiger partial charge in [0.1, 0.15) is 6.07 Å². The number of nitriles is 1. The zero-order valence-electron chi connectivity index (χ0n) is 11.9. The summed E-state index contributed by atoms with van der Waals surface area (Å²) in [5.74, 6) is 0. The molecule has 0 radical (unpaired) electrons. The van der Waals surface area contributed by atoms with E-state index >= 15 is 0 Å². The van der Waals surface area contributed by atoms with Gasteiger partial charge in [-0.1, -0.05) is 6.07 Å². The van der Waals surface area contributed by atoms with Gasteiger partial charge < -0.3 is 9.14 Å². The second-order valence-corrected chi connectivity index (χ2v) is 5.59. The molecule has 2 atom stereocenters. The molecule has 0 saturated carbocycles. The second-order valence-electron chi connectivity index (χ2n) is 5.59. The standard InChI is InChI=1S/C16H19N3O/c1-12-8-18(9-13(2)20-12)10-14-11-19-6-4-3-5-16(19)15(14)7-17/h3-6,11-13H,8-10H2,1-2H3/t12-,13-/m1/s1. The van der Waals surface area contributed by atoms with Crippen LogP contribution in [0.3, 0.4) is 0 Å². The number of pyridine rings is 1. The maximum Gasteiger partial charge on any atom is 0.102 e. The molecule has 1 fully saturated rings. The molecule has 20 heavy (non-hydrogen) atoms. The van der Waals surface area contributed by atoms with Crippen LogP contribution in [0.2, 0.25) is 0 Å². The van der Waals surface area contributed by atoms with Crippen molar-refractivity contribution in [2.45, 2.75) is 32.6 Å². The molecule has 1 aliphatic heterocycles. The summed E-state index contributed by atoms with van der Waals surface area (Å²) >= 11 is 0. The lowest BCUT2D eigenvalue weighted by molar-refractivity contribution is -0.0705. The Balaban J connectivity index is 1.89. The molecule has 0 N–H and O–H groups in total. The van der Waals surface area contributed by atoms with Crippen LogP contribution in [0, 0.1) is 11.3 Å². The molecule has 2 aromatic rings. The molecule has 0 unspecified atom stereocenters.